The van der Waals surface area contributed by atoms with Crippen LogP contribution in [0.2, 0.25) is 0 Å². The molecule has 0 fully saturated rings. The van der Waals surface area contributed by atoms with E-state index in [1.54, 1.807) is 13.3 Å². The molecule has 0 aliphatic rings. The van der Waals surface area contributed by atoms with Crippen molar-refractivity contribution < 1.29 is 9.53 Å². The van der Waals surface area contributed by atoms with Crippen LogP contribution < -0.4 is 10.1 Å². The van der Waals surface area contributed by atoms with Gasteiger partial charge in [-0.15, -0.1) is 22.7 Å². The third kappa shape index (κ3) is 3.00. The highest BCUT2D eigenvalue weighted by Gasteiger charge is 2.17. The van der Waals surface area contributed by atoms with Crippen molar-refractivity contribution in [2.75, 3.05) is 12.4 Å². The Hall–Kier alpha value is -2.25. The van der Waals surface area contributed by atoms with Crippen molar-refractivity contribution in [2.24, 2.45) is 0 Å². The van der Waals surface area contributed by atoms with Crippen molar-refractivity contribution in [1.29, 1.82) is 0 Å². The summed E-state index contributed by atoms with van der Waals surface area (Å²) in [6.45, 7) is 1.83. The van der Waals surface area contributed by atoms with Crippen LogP contribution in [0.25, 0.3) is 10.6 Å². The number of amides is 1. The zero-order valence-corrected chi connectivity index (χ0v) is 13.6. The predicted octanol–water partition coefficient (Wildman–Crippen LogP) is 3.84. The maximum Gasteiger partial charge on any atom is 0.269 e. The van der Waals surface area contributed by atoms with Gasteiger partial charge in [-0.3, -0.25) is 10.1 Å². The molecule has 3 rings (SSSR count). The van der Waals surface area contributed by atoms with Gasteiger partial charge in [0.1, 0.15) is 15.6 Å². The van der Waals surface area contributed by atoms with E-state index in [0.717, 1.165) is 16.3 Å². The van der Waals surface area contributed by atoms with Crippen LogP contribution in [0.1, 0.15) is 15.4 Å². The van der Waals surface area contributed by atoms with E-state index in [1.807, 2.05) is 36.6 Å². The zero-order chi connectivity index (χ0) is 15.5. The average Bonchev–Trinajstić information content (AvgIpc) is 3.17. The molecule has 0 aliphatic carbocycles. The number of nitrogens with zero attached hydrogens (tertiary/aromatic N) is 2. The first-order chi connectivity index (χ1) is 10.7. The summed E-state index contributed by atoms with van der Waals surface area (Å²) in [6.07, 6.45) is 1.66. The van der Waals surface area contributed by atoms with E-state index in [0.29, 0.717) is 15.7 Å². The minimum absolute atomic E-state index is 0.176. The lowest BCUT2D eigenvalue weighted by Gasteiger charge is -2.00. The molecular formula is C15H13N3O2S2. The van der Waals surface area contributed by atoms with Gasteiger partial charge in [-0.25, -0.2) is 9.97 Å². The first-order valence-electron chi connectivity index (χ1n) is 6.50. The first-order valence-corrected chi connectivity index (χ1v) is 8.19. The molecule has 1 amide bonds. The van der Waals surface area contributed by atoms with Gasteiger partial charge in [0.15, 0.2) is 5.13 Å². The molecule has 2 heterocycles. The lowest BCUT2D eigenvalue weighted by molar-refractivity contribution is 0.103. The van der Waals surface area contributed by atoms with Crippen LogP contribution in [0, 0.1) is 6.92 Å². The van der Waals surface area contributed by atoms with Crippen LogP contribution in [0.3, 0.4) is 0 Å². The maximum absolute atomic E-state index is 12.3. The molecule has 0 atom stereocenters. The summed E-state index contributed by atoms with van der Waals surface area (Å²) < 4.78 is 5.14. The van der Waals surface area contributed by atoms with Crippen molar-refractivity contribution >= 4 is 33.7 Å². The molecule has 112 valence electrons. The molecule has 0 aliphatic heterocycles. The molecule has 3 aromatic rings. The van der Waals surface area contributed by atoms with Crippen molar-refractivity contribution in [3.63, 3.8) is 0 Å². The molecule has 7 heteroatoms. The Labute approximate surface area is 135 Å². The zero-order valence-electron chi connectivity index (χ0n) is 12.0. The van der Waals surface area contributed by atoms with Crippen molar-refractivity contribution in [3.8, 4) is 16.3 Å². The largest absolute Gasteiger partial charge is 0.497 e. The number of aryl methyl sites for hydroxylation is 1. The van der Waals surface area contributed by atoms with E-state index < -0.39 is 0 Å². The summed E-state index contributed by atoms with van der Waals surface area (Å²) in [6, 6.07) is 7.61. The standard InChI is InChI=1S/C15H13N3O2S2/c1-9-12(13(19)18-15-16-7-8-21-15)22-14(17-9)10-3-5-11(20-2)6-4-10/h3-8H,1-2H3,(H,16,18,19). The van der Waals surface area contributed by atoms with E-state index >= 15 is 0 Å². The van der Waals surface area contributed by atoms with E-state index in [-0.39, 0.29) is 5.91 Å². The van der Waals surface area contributed by atoms with Gasteiger partial charge in [-0.05, 0) is 31.2 Å². The number of aromatic nitrogens is 2. The highest BCUT2D eigenvalue weighted by Crippen LogP contribution is 2.29. The number of thiazole rings is 2. The summed E-state index contributed by atoms with van der Waals surface area (Å²) >= 11 is 2.76. The SMILES string of the molecule is COc1ccc(-c2nc(C)c(C(=O)Nc3nccs3)s2)cc1. The molecule has 0 radical (unpaired) electrons. The van der Waals surface area contributed by atoms with E-state index in [4.69, 9.17) is 4.74 Å². The van der Waals surface area contributed by atoms with Crippen LogP contribution in [0.5, 0.6) is 5.75 Å². The second-order valence-electron chi connectivity index (χ2n) is 4.45. The fourth-order valence-electron chi connectivity index (χ4n) is 1.90. The Morgan fingerprint density at radius 3 is 2.68 bits per heavy atom. The molecule has 1 N–H and O–H groups in total. The summed E-state index contributed by atoms with van der Waals surface area (Å²) in [7, 11) is 1.63. The Morgan fingerprint density at radius 2 is 2.05 bits per heavy atom. The minimum atomic E-state index is -0.176. The quantitative estimate of drug-likeness (QED) is 0.789. The van der Waals surface area contributed by atoms with Crippen LogP contribution in [0.4, 0.5) is 5.13 Å². The van der Waals surface area contributed by atoms with Crippen molar-refractivity contribution in [3.05, 3.63) is 46.4 Å². The van der Waals surface area contributed by atoms with Gasteiger partial charge >= 0.3 is 0 Å². The number of hydrogen-bond donors (Lipinski definition) is 1. The number of carbonyl (C=O) groups excluding carboxylic acids is 1. The van der Waals surface area contributed by atoms with E-state index in [9.17, 15) is 4.79 Å². The fourth-order valence-corrected chi connectivity index (χ4v) is 3.39. The number of ether oxygens (including phenoxy) is 1. The first kappa shape index (κ1) is 14.7. The molecule has 1 aromatic carbocycles. The lowest BCUT2D eigenvalue weighted by atomic mass is 10.2. The number of methoxy groups -OCH3 is 1. The number of rotatable bonds is 4. The number of nitrogens with one attached hydrogen (secondary N) is 1. The van der Waals surface area contributed by atoms with E-state index in [1.165, 1.54) is 22.7 Å². The molecule has 0 spiro atoms. The van der Waals surface area contributed by atoms with Gasteiger partial charge in [0.25, 0.3) is 5.91 Å². The number of carbonyl (C=O) groups is 1. The molecule has 0 bridgehead atoms. The third-order valence-electron chi connectivity index (χ3n) is 2.99. The van der Waals surface area contributed by atoms with Gasteiger partial charge in [0.2, 0.25) is 0 Å². The number of hydrogen-bond acceptors (Lipinski definition) is 6. The van der Waals surface area contributed by atoms with Crippen LogP contribution >= 0.6 is 22.7 Å². The summed E-state index contributed by atoms with van der Waals surface area (Å²) in [5.41, 5.74) is 1.67. The Morgan fingerprint density at radius 1 is 1.27 bits per heavy atom. The molecule has 0 saturated carbocycles. The van der Waals surface area contributed by atoms with Gasteiger partial charge in [0.05, 0.1) is 12.8 Å². The summed E-state index contributed by atoms with van der Waals surface area (Å²) in [5.74, 6) is 0.614. The molecular weight excluding hydrogens is 318 g/mol. The molecule has 5 nitrogen and oxygen atoms in total. The molecule has 0 saturated heterocycles. The van der Waals surface area contributed by atoms with Crippen molar-refractivity contribution in [1.82, 2.24) is 9.97 Å². The van der Waals surface area contributed by atoms with E-state index in [2.05, 4.69) is 15.3 Å². The van der Waals surface area contributed by atoms with Gasteiger partial charge in [-0.1, -0.05) is 0 Å². The summed E-state index contributed by atoms with van der Waals surface area (Å²) in [5, 5.41) is 5.99. The van der Waals surface area contributed by atoms with Gasteiger partial charge < -0.3 is 4.74 Å². The monoisotopic (exact) mass is 331 g/mol. The predicted molar refractivity (Wildman–Crippen MR) is 88.9 cm³/mol. The second-order valence-corrected chi connectivity index (χ2v) is 6.35. The molecule has 22 heavy (non-hydrogen) atoms. The Balaban J connectivity index is 1.84. The second kappa shape index (κ2) is 6.25. The Bertz CT molecular complexity index is 780. The number of benzene rings is 1. The molecule has 2 aromatic heterocycles. The topological polar surface area (TPSA) is 64.1 Å². The van der Waals surface area contributed by atoms with Crippen molar-refractivity contribution in [2.45, 2.75) is 6.92 Å². The lowest BCUT2D eigenvalue weighted by Crippen LogP contribution is -2.11. The fraction of sp³-hybridized carbons (Fsp3) is 0.133. The van der Waals surface area contributed by atoms with Crippen LogP contribution in [-0.2, 0) is 0 Å². The maximum atomic E-state index is 12.3. The highest BCUT2D eigenvalue weighted by atomic mass is 32.1. The van der Waals surface area contributed by atoms with Crippen LogP contribution in [-0.4, -0.2) is 23.0 Å². The minimum Gasteiger partial charge on any atom is -0.497 e. The van der Waals surface area contributed by atoms with Crippen LogP contribution in [0.15, 0.2) is 35.8 Å². The highest BCUT2D eigenvalue weighted by molar-refractivity contribution is 7.17. The average molecular weight is 331 g/mol. The Kier molecular flexibility index (Phi) is 4.17. The number of anilines is 1. The van der Waals surface area contributed by atoms with Gasteiger partial charge in [0, 0.05) is 17.1 Å². The smallest absolute Gasteiger partial charge is 0.269 e. The normalized spacial score (nSPS) is 10.5. The third-order valence-corrected chi connectivity index (χ3v) is 4.89. The summed E-state index contributed by atoms with van der Waals surface area (Å²) in [4.78, 5) is 21.4. The van der Waals surface area contributed by atoms with Gasteiger partial charge in [-0.2, -0.15) is 0 Å². The molecule has 0 unspecified atom stereocenters.